The molecule has 0 spiro atoms. The third-order valence-corrected chi connectivity index (χ3v) is 19.9. The molecule has 15 heteroatoms. The first kappa shape index (κ1) is 68.4. The molecule has 81 heavy (non-hydrogen) atoms. The molecule has 13 atom stereocenters. The SMILES string of the molecule is CCC(C)C(=O)C1=C(O)C2(CC=C(C)C)CC(C(C)(C)O)C(C)(C1=O)C2=O.CCC(C)C(=O)C1=C(O)C2(CC=C(C)C)CC(C(C)(C)O)C(C)(C1=O)C2=O.CCC(C)C(=O)C1C(=O)C2(CC=C(C)C)CC(C(C)(C)O)C(C)(C1=O)C2=O. The fourth-order valence-corrected chi connectivity index (χ4v) is 14.1. The fraction of sp³-hybridized carbons (Fsp3) is 0.697. The van der Waals surface area contributed by atoms with Crippen molar-refractivity contribution in [3.63, 3.8) is 0 Å². The Morgan fingerprint density at radius 1 is 0.481 bits per heavy atom. The molecule has 4 saturated carbocycles. The van der Waals surface area contributed by atoms with E-state index in [1.807, 2.05) is 80.5 Å². The van der Waals surface area contributed by atoms with Gasteiger partial charge in [0, 0.05) is 35.5 Å². The van der Waals surface area contributed by atoms with Crippen molar-refractivity contribution in [1.82, 2.24) is 0 Å². The van der Waals surface area contributed by atoms with Crippen molar-refractivity contribution in [3.8, 4) is 0 Å². The zero-order valence-corrected chi connectivity index (χ0v) is 52.5. The molecule has 0 aromatic heterocycles. The molecule has 0 radical (unpaired) electrons. The Balaban J connectivity index is 0.000000261. The molecule has 15 nitrogen and oxygen atoms in total. The van der Waals surface area contributed by atoms with E-state index in [-0.39, 0.29) is 61.2 Å². The molecule has 0 heterocycles. The Kier molecular flexibility index (Phi) is 19.5. The molecule has 4 fully saturated rings. The molecule has 0 aromatic rings. The summed E-state index contributed by atoms with van der Waals surface area (Å²) in [6.07, 6.45) is 8.10. The predicted octanol–water partition coefficient (Wildman–Crippen LogP) is 10.5. The first-order valence-electron chi connectivity index (χ1n) is 29.1. The van der Waals surface area contributed by atoms with Gasteiger partial charge in [-0.05, 0) is 162 Å². The Morgan fingerprint density at radius 2 is 0.753 bits per heavy atom. The lowest BCUT2D eigenvalue weighted by atomic mass is 9.58. The summed E-state index contributed by atoms with van der Waals surface area (Å²) < 4.78 is 0. The van der Waals surface area contributed by atoms with Crippen LogP contribution in [0.25, 0.3) is 0 Å². The highest BCUT2D eigenvalue weighted by Crippen LogP contribution is 2.65. The number of hydrogen-bond acceptors (Lipinski definition) is 15. The van der Waals surface area contributed by atoms with Crippen molar-refractivity contribution in [2.45, 2.75) is 220 Å². The van der Waals surface area contributed by atoms with Crippen molar-refractivity contribution in [1.29, 1.82) is 0 Å². The molecule has 6 rings (SSSR count). The van der Waals surface area contributed by atoms with Gasteiger partial charge in [-0.15, -0.1) is 0 Å². The van der Waals surface area contributed by atoms with Gasteiger partial charge in [0.2, 0.25) is 0 Å². The minimum absolute atomic E-state index is 0.102. The number of ketones is 10. The van der Waals surface area contributed by atoms with Gasteiger partial charge in [0.15, 0.2) is 57.8 Å². The van der Waals surface area contributed by atoms with Gasteiger partial charge < -0.3 is 25.5 Å². The predicted molar refractivity (Wildman–Crippen MR) is 308 cm³/mol. The monoisotopic (exact) mass is 1130 g/mol. The smallest absolute Gasteiger partial charge is 0.183 e. The fourth-order valence-electron chi connectivity index (χ4n) is 14.1. The summed E-state index contributed by atoms with van der Waals surface area (Å²) in [5.41, 5.74) is -10.1. The normalized spacial score (nSPS) is 32.8. The lowest BCUT2D eigenvalue weighted by molar-refractivity contribution is -0.162. The molecule has 0 saturated heterocycles. The minimum Gasteiger partial charge on any atom is -0.510 e. The maximum absolute atomic E-state index is 13.5. The lowest BCUT2D eigenvalue weighted by Gasteiger charge is -2.40. The van der Waals surface area contributed by atoms with Gasteiger partial charge in [0.05, 0.1) is 49.3 Å². The zero-order valence-electron chi connectivity index (χ0n) is 52.5. The number of rotatable bonds is 18. The molecule has 6 aliphatic carbocycles. The molecular formula is C66H96O15. The maximum atomic E-state index is 13.5. The molecule has 0 aliphatic heterocycles. The van der Waals surface area contributed by atoms with E-state index in [0.717, 1.165) is 16.7 Å². The van der Waals surface area contributed by atoms with Gasteiger partial charge in [-0.3, -0.25) is 47.9 Å². The number of allylic oxidation sites excluding steroid dienone is 10. The Bertz CT molecular complexity index is 2690. The van der Waals surface area contributed by atoms with Crippen LogP contribution in [0.1, 0.15) is 203 Å². The quantitative estimate of drug-likeness (QED) is 0.0485. The number of carbonyl (C=O) groups excluding carboxylic acids is 10. The van der Waals surface area contributed by atoms with Crippen molar-refractivity contribution in [3.05, 3.63) is 57.6 Å². The number of fused-ring (bicyclic) bond motifs is 6. The Morgan fingerprint density at radius 3 is 1.04 bits per heavy atom. The standard InChI is InChI=1S/3C22H32O5/c3*1-8-13(4)16(23)15-17(24)21(7)14(20(5,6)27)11-22(18(15)25,19(21)26)10-9-12(2)3/h2*9,13-14,25,27H,8,10-11H2,1-7H3;9,13-15,27H,8,10-11H2,1-7H3. The van der Waals surface area contributed by atoms with Crippen LogP contribution in [0, 0.1) is 73.9 Å². The molecule has 6 aliphatic rings. The van der Waals surface area contributed by atoms with Crippen molar-refractivity contribution >= 4 is 57.8 Å². The van der Waals surface area contributed by atoms with E-state index >= 15 is 0 Å². The van der Waals surface area contributed by atoms with Gasteiger partial charge >= 0.3 is 0 Å². The van der Waals surface area contributed by atoms with Crippen LogP contribution in [0.5, 0.6) is 0 Å². The molecule has 5 N–H and O–H groups in total. The van der Waals surface area contributed by atoms with E-state index in [2.05, 4.69) is 0 Å². The molecule has 0 amide bonds. The summed E-state index contributed by atoms with van der Waals surface area (Å²) in [6.45, 7) is 36.0. The highest BCUT2D eigenvalue weighted by atomic mass is 16.3. The number of Topliss-reactive ketones (excluding diaryl/α,β-unsaturated/α-hetero) is 10. The van der Waals surface area contributed by atoms with Crippen LogP contribution in [0.3, 0.4) is 0 Å². The van der Waals surface area contributed by atoms with Crippen LogP contribution in [0.15, 0.2) is 57.6 Å². The van der Waals surface area contributed by atoms with Gasteiger partial charge in [0.1, 0.15) is 28.6 Å². The van der Waals surface area contributed by atoms with Crippen LogP contribution in [-0.2, 0) is 47.9 Å². The van der Waals surface area contributed by atoms with E-state index in [9.17, 15) is 73.5 Å². The van der Waals surface area contributed by atoms with Crippen LogP contribution in [0.4, 0.5) is 0 Å². The van der Waals surface area contributed by atoms with E-state index in [0.29, 0.717) is 19.3 Å². The Labute approximate surface area is 481 Å². The second kappa shape index (κ2) is 23.1. The van der Waals surface area contributed by atoms with Crippen LogP contribution in [-0.4, -0.2) is 100 Å². The number of hydrogen-bond donors (Lipinski definition) is 5. The summed E-state index contributed by atoms with van der Waals surface area (Å²) >= 11 is 0. The highest BCUT2D eigenvalue weighted by Gasteiger charge is 2.76. The third kappa shape index (κ3) is 11.0. The summed E-state index contributed by atoms with van der Waals surface area (Å²) in [4.78, 5) is 133. The Hall–Kier alpha value is -5.12. The van der Waals surface area contributed by atoms with Gasteiger partial charge in [0.25, 0.3) is 0 Å². The maximum Gasteiger partial charge on any atom is 0.183 e. The van der Waals surface area contributed by atoms with Crippen molar-refractivity contribution in [2.75, 3.05) is 0 Å². The molecule has 0 aromatic carbocycles. The first-order chi connectivity index (χ1) is 36.7. The molecular weight excluding hydrogens is 1030 g/mol. The largest absolute Gasteiger partial charge is 0.510 e. The van der Waals surface area contributed by atoms with Crippen molar-refractivity contribution in [2.24, 2.45) is 73.9 Å². The number of carbonyl (C=O) groups is 10. The van der Waals surface area contributed by atoms with E-state index in [1.165, 1.54) is 20.8 Å². The van der Waals surface area contributed by atoms with Gasteiger partial charge in [-0.2, -0.15) is 0 Å². The zero-order chi connectivity index (χ0) is 62.8. The summed E-state index contributed by atoms with van der Waals surface area (Å²) in [5.74, 6) is -10.5. The van der Waals surface area contributed by atoms with E-state index in [1.54, 1.807) is 62.3 Å². The van der Waals surface area contributed by atoms with Crippen LogP contribution >= 0.6 is 0 Å². The van der Waals surface area contributed by atoms with Gasteiger partial charge in [-0.1, -0.05) is 76.5 Å². The number of aliphatic hydroxyl groups excluding tert-OH is 2. The second-order valence-electron chi connectivity index (χ2n) is 27.9. The topological polar surface area (TPSA) is 272 Å². The lowest BCUT2D eigenvalue weighted by Crippen LogP contribution is -2.59. The highest BCUT2D eigenvalue weighted by molar-refractivity contribution is 6.37. The minimum atomic E-state index is -1.52. The van der Waals surface area contributed by atoms with E-state index < -0.39 is 149 Å². The first-order valence-corrected chi connectivity index (χ1v) is 29.1. The summed E-state index contributed by atoms with van der Waals surface area (Å²) in [6, 6.07) is 0. The average Bonchev–Trinajstić information content (AvgIpc) is 3.81. The van der Waals surface area contributed by atoms with Crippen LogP contribution in [0.2, 0.25) is 0 Å². The molecule has 13 unspecified atom stereocenters. The molecule has 6 bridgehead atoms. The summed E-state index contributed by atoms with van der Waals surface area (Å²) in [5, 5.41) is 54.3. The van der Waals surface area contributed by atoms with E-state index in [4.69, 9.17) is 0 Å². The average molecular weight is 1130 g/mol. The molecule has 450 valence electrons. The number of aliphatic hydroxyl groups is 5. The second-order valence-corrected chi connectivity index (χ2v) is 27.9. The third-order valence-electron chi connectivity index (χ3n) is 19.9. The van der Waals surface area contributed by atoms with Crippen LogP contribution < -0.4 is 0 Å². The van der Waals surface area contributed by atoms with Crippen molar-refractivity contribution < 1.29 is 73.5 Å². The summed E-state index contributed by atoms with van der Waals surface area (Å²) in [7, 11) is 0. The van der Waals surface area contributed by atoms with Gasteiger partial charge in [-0.25, -0.2) is 0 Å².